The SMILES string of the molecule is CC1(CC#N)CCN(Cc2ccc(-c3ncco3)cc2)CC1F. The van der Waals surface area contributed by atoms with Gasteiger partial charge in [-0.2, -0.15) is 5.26 Å². The van der Waals surface area contributed by atoms with Crippen molar-refractivity contribution in [2.45, 2.75) is 32.5 Å². The van der Waals surface area contributed by atoms with Gasteiger partial charge in [0.1, 0.15) is 12.4 Å². The molecule has 2 aromatic rings. The van der Waals surface area contributed by atoms with Crippen molar-refractivity contribution in [3.05, 3.63) is 42.3 Å². The number of alkyl halides is 1. The molecule has 0 saturated carbocycles. The number of nitriles is 1. The summed E-state index contributed by atoms with van der Waals surface area (Å²) < 4.78 is 19.7. The van der Waals surface area contributed by atoms with Crippen LogP contribution in [0.25, 0.3) is 11.5 Å². The van der Waals surface area contributed by atoms with E-state index in [1.54, 1.807) is 12.5 Å². The minimum absolute atomic E-state index is 0.285. The van der Waals surface area contributed by atoms with Crippen molar-refractivity contribution in [1.82, 2.24) is 9.88 Å². The van der Waals surface area contributed by atoms with Gasteiger partial charge in [0.25, 0.3) is 0 Å². The van der Waals surface area contributed by atoms with Crippen LogP contribution in [0.3, 0.4) is 0 Å². The Hall–Kier alpha value is -2.19. The summed E-state index contributed by atoms with van der Waals surface area (Å²) in [5, 5.41) is 8.86. The zero-order valence-corrected chi connectivity index (χ0v) is 13.2. The summed E-state index contributed by atoms with van der Waals surface area (Å²) >= 11 is 0. The molecule has 0 aliphatic carbocycles. The zero-order valence-electron chi connectivity index (χ0n) is 13.2. The fourth-order valence-corrected chi connectivity index (χ4v) is 3.01. The molecule has 2 heterocycles. The van der Waals surface area contributed by atoms with E-state index in [2.05, 4.69) is 16.0 Å². The van der Waals surface area contributed by atoms with Gasteiger partial charge in [-0.15, -0.1) is 0 Å². The number of likely N-dealkylation sites (tertiary alicyclic amines) is 1. The van der Waals surface area contributed by atoms with Crippen molar-refractivity contribution in [1.29, 1.82) is 5.26 Å². The van der Waals surface area contributed by atoms with Gasteiger partial charge >= 0.3 is 0 Å². The van der Waals surface area contributed by atoms with Crippen LogP contribution in [0.5, 0.6) is 0 Å². The number of hydrogen-bond donors (Lipinski definition) is 0. The van der Waals surface area contributed by atoms with Crippen molar-refractivity contribution in [3.8, 4) is 17.5 Å². The van der Waals surface area contributed by atoms with E-state index in [4.69, 9.17) is 9.68 Å². The van der Waals surface area contributed by atoms with Gasteiger partial charge in [0, 0.05) is 30.5 Å². The maximum absolute atomic E-state index is 14.4. The fourth-order valence-electron chi connectivity index (χ4n) is 3.01. The maximum Gasteiger partial charge on any atom is 0.225 e. The molecule has 4 nitrogen and oxygen atoms in total. The minimum Gasteiger partial charge on any atom is -0.445 e. The monoisotopic (exact) mass is 313 g/mol. The Morgan fingerprint density at radius 3 is 2.83 bits per heavy atom. The quantitative estimate of drug-likeness (QED) is 0.861. The fraction of sp³-hybridized carbons (Fsp3) is 0.444. The summed E-state index contributed by atoms with van der Waals surface area (Å²) in [5.41, 5.74) is 1.57. The Balaban J connectivity index is 1.61. The highest BCUT2D eigenvalue weighted by molar-refractivity contribution is 5.53. The summed E-state index contributed by atoms with van der Waals surface area (Å²) in [7, 11) is 0. The van der Waals surface area contributed by atoms with Crippen LogP contribution in [-0.4, -0.2) is 29.1 Å². The molecule has 1 aromatic carbocycles. The Bertz CT molecular complexity index is 677. The van der Waals surface area contributed by atoms with Gasteiger partial charge in [-0.25, -0.2) is 9.37 Å². The third kappa shape index (κ3) is 3.43. The molecule has 120 valence electrons. The van der Waals surface area contributed by atoms with Crippen LogP contribution in [-0.2, 0) is 6.54 Å². The zero-order chi connectivity index (χ0) is 16.3. The summed E-state index contributed by atoms with van der Waals surface area (Å²) in [6.07, 6.45) is 3.22. The molecular weight excluding hydrogens is 293 g/mol. The summed E-state index contributed by atoms with van der Waals surface area (Å²) in [5.74, 6) is 0.602. The van der Waals surface area contributed by atoms with Crippen molar-refractivity contribution < 1.29 is 8.81 Å². The molecule has 1 saturated heterocycles. The average molecular weight is 313 g/mol. The van der Waals surface area contributed by atoms with E-state index in [1.807, 2.05) is 31.2 Å². The molecule has 2 unspecified atom stereocenters. The van der Waals surface area contributed by atoms with Crippen molar-refractivity contribution in [2.24, 2.45) is 5.41 Å². The second kappa shape index (κ2) is 6.51. The molecular formula is C18H20FN3O. The first-order valence-electron chi connectivity index (χ1n) is 7.83. The van der Waals surface area contributed by atoms with Crippen LogP contribution < -0.4 is 0 Å². The number of benzene rings is 1. The van der Waals surface area contributed by atoms with E-state index < -0.39 is 11.6 Å². The molecule has 0 radical (unpaired) electrons. The molecule has 0 bridgehead atoms. The Kier molecular flexibility index (Phi) is 4.44. The van der Waals surface area contributed by atoms with Gasteiger partial charge in [-0.1, -0.05) is 19.1 Å². The molecule has 1 aliphatic rings. The third-order valence-corrected chi connectivity index (χ3v) is 4.70. The smallest absolute Gasteiger partial charge is 0.225 e. The van der Waals surface area contributed by atoms with Crippen molar-refractivity contribution >= 4 is 0 Å². The van der Waals surface area contributed by atoms with E-state index in [0.29, 0.717) is 12.4 Å². The number of halogens is 1. The topological polar surface area (TPSA) is 53.1 Å². The predicted octanol–water partition coefficient (Wildman–Crippen LogP) is 3.81. The summed E-state index contributed by atoms with van der Waals surface area (Å²) in [4.78, 5) is 6.24. The van der Waals surface area contributed by atoms with Gasteiger partial charge in [-0.05, 0) is 30.7 Å². The first kappa shape index (κ1) is 15.7. The Morgan fingerprint density at radius 1 is 1.43 bits per heavy atom. The molecule has 0 amide bonds. The largest absolute Gasteiger partial charge is 0.445 e. The number of piperidine rings is 1. The van der Waals surface area contributed by atoms with E-state index in [1.165, 1.54) is 0 Å². The molecule has 0 N–H and O–H groups in total. The average Bonchev–Trinajstić information content (AvgIpc) is 3.07. The lowest BCUT2D eigenvalue weighted by molar-refractivity contribution is 0.0186. The molecule has 5 heteroatoms. The predicted molar refractivity (Wildman–Crippen MR) is 85.1 cm³/mol. The maximum atomic E-state index is 14.4. The van der Waals surface area contributed by atoms with Crippen LogP contribution in [0.1, 0.15) is 25.3 Å². The number of rotatable bonds is 4. The van der Waals surface area contributed by atoms with Gasteiger partial charge < -0.3 is 4.42 Å². The molecule has 23 heavy (non-hydrogen) atoms. The Labute approximate surface area is 135 Å². The lowest BCUT2D eigenvalue weighted by atomic mass is 9.76. The highest BCUT2D eigenvalue weighted by Crippen LogP contribution is 2.36. The molecule has 1 aliphatic heterocycles. The first-order chi connectivity index (χ1) is 11.1. The first-order valence-corrected chi connectivity index (χ1v) is 7.83. The number of oxazole rings is 1. The standard InChI is InChI=1S/C18H20FN3O/c1-18(6-8-20)7-10-22(13-16(18)19)12-14-2-4-15(5-3-14)17-21-9-11-23-17/h2-5,9,11,16H,6-7,10,12-13H2,1H3. The lowest BCUT2D eigenvalue weighted by Crippen LogP contribution is -2.47. The van der Waals surface area contributed by atoms with E-state index in [-0.39, 0.29) is 6.42 Å². The molecule has 1 fully saturated rings. The molecule has 2 atom stereocenters. The number of hydrogen-bond acceptors (Lipinski definition) is 4. The van der Waals surface area contributed by atoms with Crippen LogP contribution >= 0.6 is 0 Å². The van der Waals surface area contributed by atoms with Crippen LogP contribution in [0, 0.1) is 16.7 Å². The highest BCUT2D eigenvalue weighted by Gasteiger charge is 2.39. The molecule has 0 spiro atoms. The van der Waals surface area contributed by atoms with Crippen molar-refractivity contribution in [2.75, 3.05) is 13.1 Å². The van der Waals surface area contributed by atoms with E-state index >= 15 is 0 Å². The van der Waals surface area contributed by atoms with Gasteiger partial charge in [0.15, 0.2) is 0 Å². The molecule has 1 aromatic heterocycles. The van der Waals surface area contributed by atoms with Crippen molar-refractivity contribution in [3.63, 3.8) is 0 Å². The van der Waals surface area contributed by atoms with Gasteiger partial charge in [0.05, 0.1) is 12.3 Å². The Morgan fingerprint density at radius 2 is 2.22 bits per heavy atom. The van der Waals surface area contributed by atoms with Crippen LogP contribution in [0.2, 0.25) is 0 Å². The normalized spacial score (nSPS) is 25.2. The molecule has 3 rings (SSSR count). The van der Waals surface area contributed by atoms with Gasteiger partial charge in [0.2, 0.25) is 5.89 Å². The summed E-state index contributed by atoms with van der Waals surface area (Å²) in [6.45, 7) is 3.80. The van der Waals surface area contributed by atoms with E-state index in [0.717, 1.165) is 30.6 Å². The minimum atomic E-state index is -0.956. The van der Waals surface area contributed by atoms with Crippen LogP contribution in [0.15, 0.2) is 41.1 Å². The van der Waals surface area contributed by atoms with Gasteiger partial charge in [-0.3, -0.25) is 4.90 Å². The lowest BCUT2D eigenvalue weighted by Gasteiger charge is -2.41. The highest BCUT2D eigenvalue weighted by atomic mass is 19.1. The number of nitrogens with zero attached hydrogens (tertiary/aromatic N) is 3. The van der Waals surface area contributed by atoms with E-state index in [9.17, 15) is 4.39 Å². The second-order valence-electron chi connectivity index (χ2n) is 6.48. The number of aromatic nitrogens is 1. The third-order valence-electron chi connectivity index (χ3n) is 4.70. The second-order valence-corrected chi connectivity index (χ2v) is 6.48. The summed E-state index contributed by atoms with van der Waals surface area (Å²) in [6, 6.07) is 10.1. The van der Waals surface area contributed by atoms with Crippen LogP contribution in [0.4, 0.5) is 4.39 Å².